The Kier molecular flexibility index (Phi) is 11.1. The molecule has 0 radical (unpaired) electrons. The zero-order chi connectivity index (χ0) is 12.9. The minimum Gasteiger partial charge on any atom is -0.466 e. The zero-order valence-electron chi connectivity index (χ0n) is 11.8. The van der Waals surface area contributed by atoms with Gasteiger partial charge in [0.25, 0.3) is 0 Å². The summed E-state index contributed by atoms with van der Waals surface area (Å²) in [4.78, 5) is 11.0. The standard InChI is InChI=1S/C15H28O2/c1-4-5-6-7-8-9-10-11-12-14(2)13-15(16)17-3/h13H,4-12H2,1-3H3/b14-13+. The van der Waals surface area contributed by atoms with Crippen LogP contribution in [0, 0.1) is 0 Å². The summed E-state index contributed by atoms with van der Waals surface area (Å²) in [6.07, 6.45) is 13.2. The lowest BCUT2D eigenvalue weighted by Crippen LogP contribution is -1.96. The number of ether oxygens (including phenoxy) is 1. The molecular weight excluding hydrogens is 212 g/mol. The Hall–Kier alpha value is -0.790. The second kappa shape index (κ2) is 11.7. The quantitative estimate of drug-likeness (QED) is 0.316. The molecule has 0 spiro atoms. The Bertz CT molecular complexity index is 219. The second-order valence-electron chi connectivity index (χ2n) is 4.74. The highest BCUT2D eigenvalue weighted by molar-refractivity contribution is 5.82. The minimum absolute atomic E-state index is 0.234. The van der Waals surface area contributed by atoms with E-state index in [1.807, 2.05) is 6.92 Å². The fourth-order valence-electron chi connectivity index (χ4n) is 1.87. The van der Waals surface area contributed by atoms with Crippen molar-refractivity contribution >= 4 is 5.97 Å². The molecular formula is C15H28O2. The number of carbonyl (C=O) groups excluding carboxylic acids is 1. The molecule has 0 heterocycles. The molecule has 0 unspecified atom stereocenters. The molecule has 0 aromatic heterocycles. The van der Waals surface area contributed by atoms with Crippen molar-refractivity contribution < 1.29 is 9.53 Å². The van der Waals surface area contributed by atoms with Crippen molar-refractivity contribution in [3.05, 3.63) is 11.6 Å². The SMILES string of the molecule is CCCCCCCCCC/C(C)=C/C(=O)OC. The molecule has 0 saturated carbocycles. The van der Waals surface area contributed by atoms with Gasteiger partial charge in [-0.1, -0.05) is 57.4 Å². The summed E-state index contributed by atoms with van der Waals surface area (Å²) in [5, 5.41) is 0. The third-order valence-electron chi connectivity index (χ3n) is 2.99. The van der Waals surface area contributed by atoms with Crippen molar-refractivity contribution in [1.82, 2.24) is 0 Å². The largest absolute Gasteiger partial charge is 0.466 e. The van der Waals surface area contributed by atoms with E-state index in [0.717, 1.165) is 12.0 Å². The summed E-state index contributed by atoms with van der Waals surface area (Å²) in [5.41, 5.74) is 1.13. The molecule has 0 aromatic rings. The van der Waals surface area contributed by atoms with Gasteiger partial charge in [0.15, 0.2) is 0 Å². The smallest absolute Gasteiger partial charge is 0.330 e. The highest BCUT2D eigenvalue weighted by Crippen LogP contribution is 2.12. The minimum atomic E-state index is -0.234. The van der Waals surface area contributed by atoms with Crippen LogP contribution in [0.5, 0.6) is 0 Å². The number of allylic oxidation sites excluding steroid dienone is 1. The number of esters is 1. The Balaban J connectivity index is 3.33. The maximum Gasteiger partial charge on any atom is 0.330 e. The predicted octanol–water partition coefficient (Wildman–Crippen LogP) is 4.64. The zero-order valence-corrected chi connectivity index (χ0v) is 11.8. The molecule has 0 amide bonds. The maximum atomic E-state index is 11.0. The monoisotopic (exact) mass is 240 g/mol. The van der Waals surface area contributed by atoms with Gasteiger partial charge >= 0.3 is 5.97 Å². The van der Waals surface area contributed by atoms with E-state index in [1.165, 1.54) is 58.5 Å². The summed E-state index contributed by atoms with van der Waals surface area (Å²) in [7, 11) is 1.42. The van der Waals surface area contributed by atoms with Crippen LogP contribution in [-0.4, -0.2) is 13.1 Å². The van der Waals surface area contributed by atoms with Crippen LogP contribution < -0.4 is 0 Å². The molecule has 0 aliphatic rings. The highest BCUT2D eigenvalue weighted by Gasteiger charge is 1.97. The Morgan fingerprint density at radius 3 is 2.06 bits per heavy atom. The van der Waals surface area contributed by atoms with Crippen molar-refractivity contribution in [2.45, 2.75) is 71.6 Å². The number of hydrogen-bond donors (Lipinski definition) is 0. The topological polar surface area (TPSA) is 26.3 Å². The summed E-state index contributed by atoms with van der Waals surface area (Å²) in [5.74, 6) is -0.234. The maximum absolute atomic E-state index is 11.0. The number of methoxy groups -OCH3 is 1. The van der Waals surface area contributed by atoms with E-state index in [-0.39, 0.29) is 5.97 Å². The number of carbonyl (C=O) groups is 1. The van der Waals surface area contributed by atoms with E-state index in [1.54, 1.807) is 6.08 Å². The normalized spacial score (nSPS) is 11.6. The first-order valence-electron chi connectivity index (χ1n) is 6.95. The van der Waals surface area contributed by atoms with Crippen molar-refractivity contribution in [1.29, 1.82) is 0 Å². The van der Waals surface area contributed by atoms with Gasteiger partial charge in [0, 0.05) is 6.08 Å². The van der Waals surface area contributed by atoms with Crippen LogP contribution in [0.4, 0.5) is 0 Å². The predicted molar refractivity (Wildman–Crippen MR) is 73.0 cm³/mol. The third kappa shape index (κ3) is 11.5. The Morgan fingerprint density at radius 1 is 1.00 bits per heavy atom. The number of hydrogen-bond acceptors (Lipinski definition) is 2. The number of rotatable bonds is 10. The van der Waals surface area contributed by atoms with E-state index in [4.69, 9.17) is 0 Å². The Labute approximate surface area is 106 Å². The summed E-state index contributed by atoms with van der Waals surface area (Å²) < 4.78 is 4.59. The molecule has 17 heavy (non-hydrogen) atoms. The molecule has 0 aliphatic carbocycles. The van der Waals surface area contributed by atoms with Gasteiger partial charge in [0.05, 0.1) is 7.11 Å². The molecule has 0 saturated heterocycles. The van der Waals surface area contributed by atoms with Crippen molar-refractivity contribution in [2.24, 2.45) is 0 Å². The first-order chi connectivity index (χ1) is 8.20. The average molecular weight is 240 g/mol. The van der Waals surface area contributed by atoms with Gasteiger partial charge in [0.2, 0.25) is 0 Å². The molecule has 2 heteroatoms. The van der Waals surface area contributed by atoms with E-state index >= 15 is 0 Å². The third-order valence-corrected chi connectivity index (χ3v) is 2.99. The van der Waals surface area contributed by atoms with E-state index in [9.17, 15) is 4.79 Å². The van der Waals surface area contributed by atoms with Gasteiger partial charge in [-0.25, -0.2) is 4.79 Å². The molecule has 0 fully saturated rings. The molecule has 0 aliphatic heterocycles. The Morgan fingerprint density at radius 2 is 1.53 bits per heavy atom. The fourth-order valence-corrected chi connectivity index (χ4v) is 1.87. The molecule has 0 N–H and O–H groups in total. The second-order valence-corrected chi connectivity index (χ2v) is 4.74. The summed E-state index contributed by atoms with van der Waals surface area (Å²) in [6, 6.07) is 0. The number of unbranched alkanes of at least 4 members (excludes halogenated alkanes) is 7. The van der Waals surface area contributed by atoms with Crippen LogP contribution >= 0.6 is 0 Å². The van der Waals surface area contributed by atoms with Gasteiger partial charge in [-0.2, -0.15) is 0 Å². The first kappa shape index (κ1) is 16.2. The van der Waals surface area contributed by atoms with E-state index in [2.05, 4.69) is 11.7 Å². The lowest BCUT2D eigenvalue weighted by Gasteiger charge is -2.02. The lowest BCUT2D eigenvalue weighted by molar-refractivity contribution is -0.134. The van der Waals surface area contributed by atoms with Gasteiger partial charge in [-0.3, -0.25) is 0 Å². The van der Waals surface area contributed by atoms with Crippen molar-refractivity contribution in [3.8, 4) is 0 Å². The van der Waals surface area contributed by atoms with Gasteiger partial charge in [-0.05, 0) is 19.8 Å². The average Bonchev–Trinajstić information content (AvgIpc) is 2.32. The van der Waals surface area contributed by atoms with Crippen LogP contribution in [0.25, 0.3) is 0 Å². The molecule has 0 bridgehead atoms. The van der Waals surface area contributed by atoms with Crippen molar-refractivity contribution in [3.63, 3.8) is 0 Å². The molecule has 0 atom stereocenters. The summed E-state index contributed by atoms with van der Waals surface area (Å²) >= 11 is 0. The molecule has 100 valence electrons. The highest BCUT2D eigenvalue weighted by atomic mass is 16.5. The van der Waals surface area contributed by atoms with E-state index < -0.39 is 0 Å². The molecule has 2 nitrogen and oxygen atoms in total. The lowest BCUT2D eigenvalue weighted by atomic mass is 10.0. The van der Waals surface area contributed by atoms with Gasteiger partial charge < -0.3 is 4.74 Å². The summed E-state index contributed by atoms with van der Waals surface area (Å²) in [6.45, 7) is 4.24. The van der Waals surface area contributed by atoms with Crippen LogP contribution in [-0.2, 0) is 9.53 Å². The van der Waals surface area contributed by atoms with Gasteiger partial charge in [0.1, 0.15) is 0 Å². The van der Waals surface area contributed by atoms with Crippen LogP contribution in [0.2, 0.25) is 0 Å². The van der Waals surface area contributed by atoms with Crippen LogP contribution in [0.3, 0.4) is 0 Å². The van der Waals surface area contributed by atoms with Crippen LogP contribution in [0.1, 0.15) is 71.6 Å². The first-order valence-corrected chi connectivity index (χ1v) is 6.95. The molecule has 0 aromatic carbocycles. The van der Waals surface area contributed by atoms with Gasteiger partial charge in [-0.15, -0.1) is 0 Å². The fraction of sp³-hybridized carbons (Fsp3) is 0.800. The van der Waals surface area contributed by atoms with E-state index in [0.29, 0.717) is 0 Å². The van der Waals surface area contributed by atoms with Crippen LogP contribution in [0.15, 0.2) is 11.6 Å². The van der Waals surface area contributed by atoms with Crippen molar-refractivity contribution in [2.75, 3.05) is 7.11 Å². The molecule has 0 rings (SSSR count).